The van der Waals surface area contributed by atoms with Crippen LogP contribution in [0.25, 0.3) is 0 Å². The first-order chi connectivity index (χ1) is 12.2. The van der Waals surface area contributed by atoms with Gasteiger partial charge >= 0.3 is 0 Å². The molecule has 144 valence electrons. The van der Waals surface area contributed by atoms with E-state index in [0.717, 1.165) is 37.5 Å². The molecule has 0 aromatic heterocycles. The summed E-state index contributed by atoms with van der Waals surface area (Å²) in [6.45, 7) is 2.07. The van der Waals surface area contributed by atoms with Gasteiger partial charge in [0.15, 0.2) is 0 Å². The molecule has 0 heterocycles. The molecule has 7 heteroatoms. The number of nitrogens with one attached hydrogen (secondary N) is 1. The Bertz CT molecular complexity index is 796. The molecular formula is C19H25Cl2NO3S. The van der Waals surface area contributed by atoms with Crippen LogP contribution in [-0.2, 0) is 14.8 Å². The van der Waals surface area contributed by atoms with Gasteiger partial charge in [-0.15, -0.1) is 0 Å². The number of aryl methyl sites for hydroxylation is 1. The zero-order chi connectivity index (χ0) is 18.7. The van der Waals surface area contributed by atoms with Crippen molar-refractivity contribution in [2.24, 2.45) is 23.7 Å². The number of ether oxygens (including phenoxy) is 1. The Labute approximate surface area is 165 Å². The number of benzene rings is 1. The molecule has 4 nitrogen and oxygen atoms in total. The lowest BCUT2D eigenvalue weighted by atomic mass is 9.50. The van der Waals surface area contributed by atoms with Gasteiger partial charge in [-0.2, -0.15) is 0 Å². The highest BCUT2D eigenvalue weighted by Crippen LogP contribution is 2.59. The van der Waals surface area contributed by atoms with Crippen molar-refractivity contribution >= 4 is 33.2 Å². The minimum absolute atomic E-state index is 0.0798. The van der Waals surface area contributed by atoms with E-state index in [1.807, 2.05) is 0 Å². The number of sulfonamides is 1. The van der Waals surface area contributed by atoms with E-state index in [4.69, 9.17) is 27.9 Å². The molecule has 0 spiro atoms. The maximum absolute atomic E-state index is 12.9. The monoisotopic (exact) mass is 417 g/mol. The van der Waals surface area contributed by atoms with Gasteiger partial charge < -0.3 is 4.74 Å². The van der Waals surface area contributed by atoms with Gasteiger partial charge in [0.25, 0.3) is 0 Å². The standard InChI is InChI=1S/C19H25Cl2NO3S/c1-11-3-18(17(21)9-16(11)20)26(23,24)22-10-19(25-2)14-5-12-4-13(7-14)8-15(19)6-12/h3,9,12-15,22H,4-8,10H2,1-2H3. The first-order valence-corrected chi connectivity index (χ1v) is 11.5. The van der Waals surface area contributed by atoms with Crippen LogP contribution in [0.2, 0.25) is 10.0 Å². The molecule has 0 aliphatic heterocycles. The molecule has 4 aliphatic carbocycles. The Morgan fingerprint density at radius 1 is 1.08 bits per heavy atom. The molecule has 0 saturated heterocycles. The predicted octanol–water partition coefficient (Wildman–Crippen LogP) is 4.42. The maximum atomic E-state index is 12.9. The Morgan fingerprint density at radius 2 is 1.65 bits per heavy atom. The summed E-state index contributed by atoms with van der Waals surface area (Å²) < 4.78 is 34.7. The molecule has 4 fully saturated rings. The fourth-order valence-corrected chi connectivity index (χ4v) is 7.70. The van der Waals surface area contributed by atoms with E-state index >= 15 is 0 Å². The number of rotatable bonds is 5. The Hall–Kier alpha value is -0.330. The lowest BCUT2D eigenvalue weighted by Gasteiger charge is -2.60. The lowest BCUT2D eigenvalue weighted by Crippen LogP contribution is -2.63. The van der Waals surface area contributed by atoms with E-state index < -0.39 is 15.6 Å². The molecule has 26 heavy (non-hydrogen) atoms. The summed E-state index contributed by atoms with van der Waals surface area (Å²) in [4.78, 5) is 0.0798. The summed E-state index contributed by atoms with van der Waals surface area (Å²) in [6, 6.07) is 3.02. The average molecular weight is 418 g/mol. The Morgan fingerprint density at radius 3 is 2.19 bits per heavy atom. The first-order valence-electron chi connectivity index (χ1n) is 9.25. The summed E-state index contributed by atoms with van der Waals surface area (Å²) in [5.74, 6) is 2.47. The highest BCUT2D eigenvalue weighted by molar-refractivity contribution is 7.89. The maximum Gasteiger partial charge on any atom is 0.242 e. The van der Waals surface area contributed by atoms with Crippen molar-refractivity contribution in [2.75, 3.05) is 13.7 Å². The van der Waals surface area contributed by atoms with Gasteiger partial charge in [-0.25, -0.2) is 13.1 Å². The second-order valence-electron chi connectivity index (χ2n) is 8.32. The van der Waals surface area contributed by atoms with Crippen LogP contribution >= 0.6 is 23.2 Å². The van der Waals surface area contributed by atoms with Crippen LogP contribution in [0.5, 0.6) is 0 Å². The van der Waals surface area contributed by atoms with Crippen LogP contribution < -0.4 is 4.72 Å². The Kier molecular flexibility index (Phi) is 4.84. The molecule has 0 radical (unpaired) electrons. The molecule has 4 saturated carbocycles. The van der Waals surface area contributed by atoms with Gasteiger partial charge in [-0.05, 0) is 80.4 Å². The number of halogens is 2. The molecule has 0 atom stereocenters. The van der Waals surface area contributed by atoms with E-state index in [9.17, 15) is 8.42 Å². The summed E-state index contributed by atoms with van der Waals surface area (Å²) in [5, 5.41) is 0.605. The van der Waals surface area contributed by atoms with Crippen molar-refractivity contribution in [3.63, 3.8) is 0 Å². The summed E-state index contributed by atoms with van der Waals surface area (Å²) >= 11 is 12.2. The van der Waals surface area contributed by atoms with Gasteiger partial charge in [-0.3, -0.25) is 0 Å². The minimum atomic E-state index is -3.73. The van der Waals surface area contributed by atoms with Gasteiger partial charge in [0, 0.05) is 18.7 Å². The van der Waals surface area contributed by atoms with E-state index in [-0.39, 0.29) is 9.92 Å². The quantitative estimate of drug-likeness (QED) is 0.770. The molecule has 1 N–H and O–H groups in total. The SMILES string of the molecule is COC1(CNS(=O)(=O)c2cc(C)c(Cl)cc2Cl)C2CC3CC(C2)CC1C3. The van der Waals surface area contributed by atoms with Gasteiger partial charge in [0.1, 0.15) is 4.90 Å². The largest absolute Gasteiger partial charge is 0.376 e. The molecule has 1 aromatic rings. The molecule has 0 unspecified atom stereocenters. The second kappa shape index (κ2) is 6.63. The van der Waals surface area contributed by atoms with Crippen LogP contribution in [0.15, 0.2) is 17.0 Å². The van der Waals surface area contributed by atoms with E-state index in [0.29, 0.717) is 29.0 Å². The van der Waals surface area contributed by atoms with Crippen molar-refractivity contribution in [3.8, 4) is 0 Å². The number of hydrogen-bond donors (Lipinski definition) is 1. The molecular weight excluding hydrogens is 393 g/mol. The first kappa shape index (κ1) is 19.0. The van der Waals surface area contributed by atoms with Crippen molar-refractivity contribution in [1.82, 2.24) is 4.72 Å². The predicted molar refractivity (Wildman–Crippen MR) is 103 cm³/mol. The second-order valence-corrected chi connectivity index (χ2v) is 10.9. The van der Waals surface area contributed by atoms with Crippen molar-refractivity contribution in [2.45, 2.75) is 49.5 Å². The average Bonchev–Trinajstić information content (AvgIpc) is 2.57. The Balaban J connectivity index is 1.58. The van der Waals surface area contributed by atoms with Crippen LogP contribution in [0.3, 0.4) is 0 Å². The summed E-state index contributed by atoms with van der Waals surface area (Å²) in [7, 11) is -2.00. The zero-order valence-corrected chi connectivity index (χ0v) is 17.4. The molecule has 1 aromatic carbocycles. The highest BCUT2D eigenvalue weighted by Gasteiger charge is 2.57. The van der Waals surface area contributed by atoms with Crippen LogP contribution in [-0.4, -0.2) is 27.7 Å². The van der Waals surface area contributed by atoms with Gasteiger partial charge in [0.05, 0.1) is 10.6 Å². The third-order valence-corrected chi connectivity index (χ3v) is 9.21. The number of methoxy groups -OCH3 is 1. The van der Waals surface area contributed by atoms with Crippen molar-refractivity contribution < 1.29 is 13.2 Å². The minimum Gasteiger partial charge on any atom is -0.376 e. The van der Waals surface area contributed by atoms with Crippen molar-refractivity contribution in [1.29, 1.82) is 0 Å². The zero-order valence-electron chi connectivity index (χ0n) is 15.1. The molecule has 4 bridgehead atoms. The topological polar surface area (TPSA) is 55.4 Å². The molecule has 0 amide bonds. The smallest absolute Gasteiger partial charge is 0.242 e. The number of hydrogen-bond acceptors (Lipinski definition) is 3. The summed E-state index contributed by atoms with van der Waals surface area (Å²) in [6.07, 6.45) is 5.97. The van der Waals surface area contributed by atoms with Crippen LogP contribution in [0, 0.1) is 30.6 Å². The highest BCUT2D eigenvalue weighted by atomic mass is 35.5. The van der Waals surface area contributed by atoms with Gasteiger partial charge in [0.2, 0.25) is 10.0 Å². The van der Waals surface area contributed by atoms with Crippen LogP contribution in [0.1, 0.15) is 37.7 Å². The third-order valence-electron chi connectivity index (χ3n) is 6.94. The third kappa shape index (κ3) is 3.00. The lowest BCUT2D eigenvalue weighted by molar-refractivity contribution is -0.185. The van der Waals surface area contributed by atoms with E-state index in [1.54, 1.807) is 14.0 Å². The molecule has 5 rings (SSSR count). The molecule has 4 aliphatic rings. The fraction of sp³-hybridized carbons (Fsp3) is 0.684. The van der Waals surface area contributed by atoms with Crippen LogP contribution in [0.4, 0.5) is 0 Å². The van der Waals surface area contributed by atoms with Crippen molar-refractivity contribution in [3.05, 3.63) is 27.7 Å². The fourth-order valence-electron chi connectivity index (χ4n) is 5.80. The van der Waals surface area contributed by atoms with Gasteiger partial charge in [-0.1, -0.05) is 23.2 Å². The summed E-state index contributed by atoms with van der Waals surface area (Å²) in [5.41, 5.74) is 0.293. The van der Waals surface area contributed by atoms with E-state index in [2.05, 4.69) is 4.72 Å². The normalized spacial score (nSPS) is 35.8. The van der Waals surface area contributed by atoms with E-state index in [1.165, 1.54) is 18.6 Å².